The number of aliphatic hydroxyl groups is 1. The Morgan fingerprint density at radius 2 is 1.91 bits per heavy atom. The first-order valence-electron chi connectivity index (χ1n) is 11.5. The number of carbonyl (C=O) groups is 2. The van der Waals surface area contributed by atoms with Crippen molar-refractivity contribution in [3.8, 4) is 11.5 Å². The zero-order valence-corrected chi connectivity index (χ0v) is 18.9. The van der Waals surface area contributed by atoms with Crippen molar-refractivity contribution < 1.29 is 34.4 Å². The van der Waals surface area contributed by atoms with Crippen molar-refractivity contribution >= 4 is 17.6 Å². The van der Waals surface area contributed by atoms with Crippen LogP contribution in [0, 0.1) is 0 Å². The first kappa shape index (κ1) is 22.7. The van der Waals surface area contributed by atoms with Crippen molar-refractivity contribution in [3.63, 3.8) is 0 Å². The van der Waals surface area contributed by atoms with Gasteiger partial charge < -0.3 is 30.5 Å². The van der Waals surface area contributed by atoms with Crippen molar-refractivity contribution in [1.29, 1.82) is 0 Å². The quantitative estimate of drug-likeness (QED) is 0.463. The Hall–Kier alpha value is -3.04. The van der Waals surface area contributed by atoms with Crippen LogP contribution in [-0.2, 0) is 9.47 Å². The fourth-order valence-electron chi connectivity index (χ4n) is 5.15. The lowest BCUT2D eigenvalue weighted by Gasteiger charge is -2.38. The molecule has 5 atom stereocenters. The van der Waals surface area contributed by atoms with Crippen molar-refractivity contribution in [2.45, 2.75) is 63.8 Å². The second-order valence-electron chi connectivity index (χ2n) is 9.15. The Morgan fingerprint density at radius 3 is 2.62 bits per heavy atom. The van der Waals surface area contributed by atoms with Gasteiger partial charge in [-0.3, -0.25) is 9.59 Å². The van der Waals surface area contributed by atoms with Crippen LogP contribution in [0.4, 0.5) is 0 Å². The first-order chi connectivity index (χ1) is 16.2. The number of ketones is 2. The van der Waals surface area contributed by atoms with Gasteiger partial charge in [0.25, 0.3) is 0 Å². The van der Waals surface area contributed by atoms with Crippen LogP contribution in [-0.4, -0.2) is 51.4 Å². The number of benzene rings is 2. The maximum Gasteiger partial charge on any atom is 0.201 e. The Bertz CT molecular complexity index is 1220. The number of nitrogens with two attached hydrogens (primary N) is 1. The van der Waals surface area contributed by atoms with E-state index in [4.69, 9.17) is 15.2 Å². The second-order valence-corrected chi connectivity index (χ2v) is 9.15. The molecule has 1 aliphatic heterocycles. The number of rotatable bonds is 3. The highest BCUT2D eigenvalue weighted by Gasteiger charge is 2.40. The van der Waals surface area contributed by atoms with E-state index < -0.39 is 42.2 Å². The molecule has 1 fully saturated rings. The van der Waals surface area contributed by atoms with Gasteiger partial charge in [0.05, 0.1) is 29.4 Å². The minimum Gasteiger partial charge on any atom is -0.507 e. The van der Waals surface area contributed by atoms with Crippen LogP contribution in [0.1, 0.15) is 82.2 Å². The van der Waals surface area contributed by atoms with Gasteiger partial charge in [0.15, 0.2) is 12.1 Å². The molecule has 2 aromatic rings. The lowest BCUT2D eigenvalue weighted by molar-refractivity contribution is -0.240. The van der Waals surface area contributed by atoms with Gasteiger partial charge in [-0.1, -0.05) is 30.7 Å². The summed E-state index contributed by atoms with van der Waals surface area (Å²) in [6.07, 6.45) is 0.702. The molecule has 0 bridgehead atoms. The minimum atomic E-state index is -0.804. The molecule has 0 saturated carbocycles. The van der Waals surface area contributed by atoms with Gasteiger partial charge in [-0.15, -0.1) is 0 Å². The van der Waals surface area contributed by atoms with Crippen LogP contribution in [0.3, 0.4) is 0 Å². The number of ether oxygens (including phenoxy) is 2. The predicted molar refractivity (Wildman–Crippen MR) is 123 cm³/mol. The predicted octanol–water partition coefficient (Wildman–Crippen LogP) is 2.95. The third-order valence-corrected chi connectivity index (χ3v) is 7.01. The fraction of sp³-hybridized carbons (Fsp3) is 0.385. The summed E-state index contributed by atoms with van der Waals surface area (Å²) in [5.74, 6) is -1.68. The number of aromatic hydroxyl groups is 2. The molecule has 2 aromatic carbocycles. The lowest BCUT2D eigenvalue weighted by atomic mass is 9.78. The second kappa shape index (κ2) is 8.32. The van der Waals surface area contributed by atoms with E-state index in [0.29, 0.717) is 17.5 Å². The van der Waals surface area contributed by atoms with Crippen LogP contribution in [0.2, 0.25) is 0 Å². The molecule has 34 heavy (non-hydrogen) atoms. The van der Waals surface area contributed by atoms with E-state index in [-0.39, 0.29) is 40.2 Å². The zero-order chi connectivity index (χ0) is 24.3. The van der Waals surface area contributed by atoms with Crippen molar-refractivity contribution in [2.24, 2.45) is 5.73 Å². The van der Waals surface area contributed by atoms with E-state index >= 15 is 0 Å². The highest BCUT2D eigenvalue weighted by Crippen LogP contribution is 2.47. The van der Waals surface area contributed by atoms with Gasteiger partial charge in [-0.25, -0.2) is 0 Å². The summed E-state index contributed by atoms with van der Waals surface area (Å²) in [4.78, 5) is 26.5. The smallest absolute Gasteiger partial charge is 0.201 e. The summed E-state index contributed by atoms with van der Waals surface area (Å²) in [5.41, 5.74) is 8.06. The Balaban J connectivity index is 1.60. The van der Waals surface area contributed by atoms with Crippen LogP contribution in [0.5, 0.6) is 11.5 Å². The largest absolute Gasteiger partial charge is 0.507 e. The molecule has 8 nitrogen and oxygen atoms in total. The molecule has 3 aliphatic rings. The van der Waals surface area contributed by atoms with E-state index in [1.54, 1.807) is 13.0 Å². The molecular formula is C26H27NO7. The Labute approximate surface area is 196 Å². The molecule has 0 radical (unpaired) electrons. The molecule has 5 rings (SSSR count). The number of phenolic OH excluding ortho intramolecular Hbond substituents is 2. The van der Waals surface area contributed by atoms with Crippen LogP contribution >= 0.6 is 0 Å². The number of carbonyl (C=O) groups excluding carboxylic acids is 2. The average molecular weight is 466 g/mol. The van der Waals surface area contributed by atoms with Gasteiger partial charge >= 0.3 is 0 Å². The van der Waals surface area contributed by atoms with Crippen molar-refractivity contribution in [3.05, 3.63) is 63.2 Å². The highest BCUT2D eigenvalue weighted by molar-refractivity contribution is 6.30. The lowest BCUT2D eigenvalue weighted by Crippen LogP contribution is -2.51. The van der Waals surface area contributed by atoms with Gasteiger partial charge in [-0.2, -0.15) is 0 Å². The van der Waals surface area contributed by atoms with Gasteiger partial charge in [-0.05, 0) is 37.5 Å². The molecular weight excluding hydrogens is 438 g/mol. The summed E-state index contributed by atoms with van der Waals surface area (Å²) >= 11 is 0. The Morgan fingerprint density at radius 1 is 1.15 bits per heavy atom. The van der Waals surface area contributed by atoms with E-state index in [2.05, 4.69) is 0 Å². The summed E-state index contributed by atoms with van der Waals surface area (Å²) in [6, 6.07) is 5.43. The third-order valence-electron chi connectivity index (χ3n) is 7.01. The topological polar surface area (TPSA) is 139 Å². The number of aliphatic hydroxyl groups excluding tert-OH is 1. The molecule has 1 unspecified atom stereocenters. The summed E-state index contributed by atoms with van der Waals surface area (Å²) in [7, 11) is 0. The van der Waals surface area contributed by atoms with Gasteiger partial charge in [0, 0.05) is 29.2 Å². The number of fused-ring (bicyclic) bond motifs is 3. The van der Waals surface area contributed by atoms with E-state index in [0.717, 1.165) is 12.0 Å². The van der Waals surface area contributed by atoms with Gasteiger partial charge in [0.1, 0.15) is 11.5 Å². The van der Waals surface area contributed by atoms with Gasteiger partial charge in [0.2, 0.25) is 5.78 Å². The monoisotopic (exact) mass is 465 g/mol. The molecule has 0 aromatic heterocycles. The minimum absolute atomic E-state index is 0.0967. The SMILES string of the molecule is CCC1=Cc2cc3c(c(O)c2C(O[C@H]2C[C@H](N)[C@H](O)[C@H](C)O2)C1)C(=O)c1c(O)cccc1C3=O. The van der Waals surface area contributed by atoms with Crippen LogP contribution in [0.15, 0.2) is 29.8 Å². The van der Waals surface area contributed by atoms with Crippen LogP contribution in [0.25, 0.3) is 6.08 Å². The molecule has 178 valence electrons. The third kappa shape index (κ3) is 3.45. The summed E-state index contributed by atoms with van der Waals surface area (Å²) < 4.78 is 12.0. The maximum absolute atomic E-state index is 13.3. The number of hydrogen-bond donors (Lipinski definition) is 4. The fourth-order valence-corrected chi connectivity index (χ4v) is 5.15. The van der Waals surface area contributed by atoms with Crippen LogP contribution < -0.4 is 5.73 Å². The average Bonchev–Trinajstić information content (AvgIpc) is 2.80. The normalized spacial score (nSPS) is 28.1. The molecule has 2 aliphatic carbocycles. The van der Waals surface area contributed by atoms with E-state index in [9.17, 15) is 24.9 Å². The summed E-state index contributed by atoms with van der Waals surface area (Å²) in [5, 5.41) is 31.7. The maximum atomic E-state index is 13.3. The molecule has 1 heterocycles. The molecule has 5 N–H and O–H groups in total. The zero-order valence-electron chi connectivity index (χ0n) is 18.9. The standard InChI is InChI=1S/C26H27NO7/c1-3-12-7-13-9-15-22(26(32)21-14(24(15)30)5-4-6-17(21)28)25(31)20(13)18(8-12)34-19-10-16(27)23(29)11(2)33-19/h4-7,9,11,16,18-19,23,28-29,31H,3,8,10,27H2,1-2H3/t11-,16-,18?,19-,23+/m0/s1. The van der Waals surface area contributed by atoms with Crippen molar-refractivity contribution in [1.82, 2.24) is 0 Å². The molecule has 0 spiro atoms. The number of phenols is 2. The molecule has 8 heteroatoms. The Kier molecular flexibility index (Phi) is 5.56. The molecule has 1 saturated heterocycles. The first-order valence-corrected chi connectivity index (χ1v) is 11.5. The summed E-state index contributed by atoms with van der Waals surface area (Å²) in [6.45, 7) is 3.72. The van der Waals surface area contributed by atoms with E-state index in [1.807, 2.05) is 13.0 Å². The highest BCUT2D eigenvalue weighted by atomic mass is 16.7. The van der Waals surface area contributed by atoms with Crippen molar-refractivity contribution in [2.75, 3.05) is 0 Å². The molecule has 0 amide bonds. The van der Waals surface area contributed by atoms with E-state index in [1.165, 1.54) is 18.2 Å². The number of hydrogen-bond acceptors (Lipinski definition) is 8.